The first-order valence-electron chi connectivity index (χ1n) is 8.63. The van der Waals surface area contributed by atoms with E-state index in [4.69, 9.17) is 0 Å². The van der Waals surface area contributed by atoms with E-state index in [0.717, 1.165) is 44.6 Å². The van der Waals surface area contributed by atoms with E-state index in [9.17, 15) is 4.79 Å². The molecule has 1 aliphatic heterocycles. The fraction of sp³-hybridized carbons (Fsp3) is 0.500. The molecule has 2 aromatic rings. The molecule has 3 heterocycles. The highest BCUT2D eigenvalue weighted by molar-refractivity contribution is 5.95. The number of amides is 1. The van der Waals surface area contributed by atoms with Crippen LogP contribution in [0.4, 0.5) is 5.69 Å². The number of nitrogens with one attached hydrogen (secondary N) is 1. The lowest BCUT2D eigenvalue weighted by atomic mass is 9.96. The Balaban J connectivity index is 1.49. The molecule has 0 aromatic carbocycles. The van der Waals surface area contributed by atoms with Crippen molar-refractivity contribution >= 4 is 11.6 Å². The summed E-state index contributed by atoms with van der Waals surface area (Å²) in [6, 6.07) is 4.10. The minimum Gasteiger partial charge on any atom is -0.371 e. The van der Waals surface area contributed by atoms with Crippen LogP contribution in [0.3, 0.4) is 0 Å². The maximum Gasteiger partial charge on any atom is 0.254 e. The van der Waals surface area contributed by atoms with Gasteiger partial charge in [-0.25, -0.2) is 0 Å². The summed E-state index contributed by atoms with van der Waals surface area (Å²) in [5, 5.41) is 7.42. The third-order valence-corrected chi connectivity index (χ3v) is 4.68. The molecule has 0 aliphatic carbocycles. The molecule has 6 heteroatoms. The van der Waals surface area contributed by atoms with Crippen molar-refractivity contribution in [2.24, 2.45) is 13.0 Å². The lowest BCUT2D eigenvalue weighted by Crippen LogP contribution is -2.38. The summed E-state index contributed by atoms with van der Waals surface area (Å²) in [4.78, 5) is 18.8. The largest absolute Gasteiger partial charge is 0.371 e. The zero-order valence-corrected chi connectivity index (χ0v) is 14.4. The van der Waals surface area contributed by atoms with E-state index in [2.05, 4.69) is 32.4 Å². The summed E-state index contributed by atoms with van der Waals surface area (Å²) < 4.78 is 1.71. The molecule has 24 heavy (non-hydrogen) atoms. The van der Waals surface area contributed by atoms with Gasteiger partial charge in [0, 0.05) is 51.0 Å². The Morgan fingerprint density at radius 2 is 2.00 bits per heavy atom. The third kappa shape index (κ3) is 3.75. The maximum absolute atomic E-state index is 12.4. The number of hydrogen-bond acceptors (Lipinski definition) is 4. The highest BCUT2D eigenvalue weighted by atomic mass is 16.1. The molecule has 1 saturated heterocycles. The average molecular weight is 327 g/mol. The fourth-order valence-corrected chi connectivity index (χ4v) is 3.27. The first-order chi connectivity index (χ1) is 11.7. The van der Waals surface area contributed by atoms with Gasteiger partial charge in [-0.3, -0.25) is 14.5 Å². The number of aromatic nitrogens is 3. The molecule has 128 valence electrons. The van der Waals surface area contributed by atoms with Gasteiger partial charge >= 0.3 is 0 Å². The Hall–Kier alpha value is -2.37. The maximum atomic E-state index is 12.4. The predicted octanol–water partition coefficient (Wildman–Crippen LogP) is 2.02. The van der Waals surface area contributed by atoms with E-state index in [1.807, 2.05) is 26.4 Å². The Morgan fingerprint density at radius 1 is 1.29 bits per heavy atom. The van der Waals surface area contributed by atoms with Crippen molar-refractivity contribution < 1.29 is 4.79 Å². The van der Waals surface area contributed by atoms with Gasteiger partial charge in [-0.1, -0.05) is 6.92 Å². The zero-order chi connectivity index (χ0) is 16.9. The molecule has 0 saturated carbocycles. The van der Waals surface area contributed by atoms with Crippen LogP contribution in [-0.2, 0) is 13.5 Å². The molecule has 2 aromatic heterocycles. The van der Waals surface area contributed by atoms with E-state index in [-0.39, 0.29) is 5.91 Å². The van der Waals surface area contributed by atoms with Gasteiger partial charge in [0.05, 0.1) is 11.3 Å². The van der Waals surface area contributed by atoms with E-state index in [1.54, 1.807) is 10.9 Å². The lowest BCUT2D eigenvalue weighted by molar-refractivity contribution is 0.0944. The Kier molecular flexibility index (Phi) is 5.13. The van der Waals surface area contributed by atoms with Crippen LogP contribution in [0.25, 0.3) is 0 Å². The van der Waals surface area contributed by atoms with E-state index >= 15 is 0 Å². The summed E-state index contributed by atoms with van der Waals surface area (Å²) in [6.07, 6.45) is 8.43. The first kappa shape index (κ1) is 16.5. The van der Waals surface area contributed by atoms with Crippen molar-refractivity contribution in [3.05, 3.63) is 42.0 Å². The molecule has 3 rings (SSSR count). The number of aryl methyl sites for hydroxylation is 2. The van der Waals surface area contributed by atoms with Crippen LogP contribution in [0.15, 0.2) is 30.7 Å². The predicted molar refractivity (Wildman–Crippen MR) is 94.1 cm³/mol. The molecule has 1 amide bonds. The van der Waals surface area contributed by atoms with Crippen LogP contribution in [0.5, 0.6) is 0 Å². The third-order valence-electron chi connectivity index (χ3n) is 4.68. The molecular weight excluding hydrogens is 302 g/mol. The number of piperidine rings is 1. The standard InChI is InChI=1S/C18H25N5O/c1-3-17-16(13-22(2)21-17)18(24)20-12-14-6-10-23(11-7-14)15-4-8-19-9-5-15/h4-5,8-9,13-14H,3,6-7,10-12H2,1-2H3,(H,20,24). The second-order valence-corrected chi connectivity index (χ2v) is 6.36. The van der Waals surface area contributed by atoms with Gasteiger partial charge in [-0.15, -0.1) is 0 Å². The summed E-state index contributed by atoms with van der Waals surface area (Å²) in [6.45, 7) is 4.81. The number of rotatable bonds is 5. The second kappa shape index (κ2) is 7.47. The van der Waals surface area contributed by atoms with Crippen LogP contribution in [0.1, 0.15) is 35.8 Å². The topological polar surface area (TPSA) is 63.1 Å². The summed E-state index contributed by atoms with van der Waals surface area (Å²) in [5.74, 6) is 0.533. The highest BCUT2D eigenvalue weighted by Crippen LogP contribution is 2.22. The number of carbonyl (C=O) groups is 1. The van der Waals surface area contributed by atoms with Crippen LogP contribution < -0.4 is 10.2 Å². The number of hydrogen-bond donors (Lipinski definition) is 1. The smallest absolute Gasteiger partial charge is 0.254 e. The fourth-order valence-electron chi connectivity index (χ4n) is 3.27. The Bertz CT molecular complexity index is 674. The highest BCUT2D eigenvalue weighted by Gasteiger charge is 2.21. The van der Waals surface area contributed by atoms with Crippen LogP contribution >= 0.6 is 0 Å². The van der Waals surface area contributed by atoms with Crippen molar-refractivity contribution in [3.8, 4) is 0 Å². The first-order valence-corrected chi connectivity index (χ1v) is 8.63. The summed E-state index contributed by atoms with van der Waals surface area (Å²) in [7, 11) is 1.85. The average Bonchev–Trinajstić information content (AvgIpc) is 3.02. The van der Waals surface area contributed by atoms with Crippen molar-refractivity contribution in [2.75, 3.05) is 24.5 Å². The minimum atomic E-state index is -0.00323. The van der Waals surface area contributed by atoms with E-state index in [1.165, 1.54) is 5.69 Å². The van der Waals surface area contributed by atoms with Crippen LogP contribution in [-0.4, -0.2) is 40.3 Å². The molecule has 0 unspecified atom stereocenters. The van der Waals surface area contributed by atoms with Crippen LogP contribution in [0, 0.1) is 5.92 Å². The van der Waals surface area contributed by atoms with E-state index in [0.29, 0.717) is 11.5 Å². The number of anilines is 1. The Labute approximate surface area is 142 Å². The summed E-state index contributed by atoms with van der Waals surface area (Å²) >= 11 is 0. The SMILES string of the molecule is CCc1nn(C)cc1C(=O)NCC1CCN(c2ccncc2)CC1. The van der Waals surface area contributed by atoms with Gasteiger partial charge in [-0.2, -0.15) is 5.10 Å². The van der Waals surface area contributed by atoms with Gasteiger partial charge in [0.25, 0.3) is 5.91 Å². The summed E-state index contributed by atoms with van der Waals surface area (Å²) in [5.41, 5.74) is 2.80. The zero-order valence-electron chi connectivity index (χ0n) is 14.4. The van der Waals surface area contributed by atoms with Crippen molar-refractivity contribution in [1.29, 1.82) is 0 Å². The van der Waals surface area contributed by atoms with Gasteiger partial charge in [0.1, 0.15) is 0 Å². The van der Waals surface area contributed by atoms with Gasteiger partial charge in [-0.05, 0) is 37.3 Å². The quantitative estimate of drug-likeness (QED) is 0.913. The monoisotopic (exact) mass is 327 g/mol. The lowest BCUT2D eigenvalue weighted by Gasteiger charge is -2.33. The molecule has 0 radical (unpaired) electrons. The van der Waals surface area contributed by atoms with Crippen molar-refractivity contribution in [1.82, 2.24) is 20.1 Å². The number of nitrogens with zero attached hydrogens (tertiary/aromatic N) is 4. The van der Waals surface area contributed by atoms with Gasteiger partial charge in [0.2, 0.25) is 0 Å². The second-order valence-electron chi connectivity index (χ2n) is 6.36. The van der Waals surface area contributed by atoms with Crippen molar-refractivity contribution in [3.63, 3.8) is 0 Å². The number of pyridine rings is 1. The van der Waals surface area contributed by atoms with Gasteiger partial charge < -0.3 is 10.2 Å². The molecule has 0 spiro atoms. The normalized spacial score (nSPS) is 15.5. The molecule has 0 atom stereocenters. The minimum absolute atomic E-state index is 0.00323. The molecule has 1 aliphatic rings. The number of carbonyl (C=O) groups excluding carboxylic acids is 1. The molecule has 1 fully saturated rings. The Morgan fingerprint density at radius 3 is 2.67 bits per heavy atom. The van der Waals surface area contributed by atoms with Crippen molar-refractivity contribution in [2.45, 2.75) is 26.2 Å². The van der Waals surface area contributed by atoms with Crippen LogP contribution in [0.2, 0.25) is 0 Å². The van der Waals surface area contributed by atoms with Gasteiger partial charge in [0.15, 0.2) is 0 Å². The van der Waals surface area contributed by atoms with E-state index < -0.39 is 0 Å². The molecule has 1 N–H and O–H groups in total. The molecule has 6 nitrogen and oxygen atoms in total. The molecule has 0 bridgehead atoms. The molecular formula is C18H25N5O.